The molecule has 0 saturated carbocycles. The lowest BCUT2D eigenvalue weighted by atomic mass is 10.2. The fourth-order valence-corrected chi connectivity index (χ4v) is 0.377. The van der Waals surface area contributed by atoms with E-state index >= 15 is 0 Å². The summed E-state index contributed by atoms with van der Waals surface area (Å²) < 4.78 is 4.94. The van der Waals surface area contributed by atoms with Crippen LogP contribution in [-0.4, -0.2) is 49.3 Å². The predicted octanol–water partition coefficient (Wildman–Crippen LogP) is 0.313. The molecule has 0 spiro atoms. The van der Waals surface area contributed by atoms with Crippen LogP contribution in [-0.2, 0) is 14.3 Å². The van der Waals surface area contributed by atoms with Crippen LogP contribution < -0.4 is 16.4 Å². The molecular weight excluding hydrogens is 266 g/mol. The number of carboxylic acids is 1. The maximum atomic E-state index is 9.87. The van der Waals surface area contributed by atoms with E-state index in [0.717, 1.165) is 6.42 Å². The highest BCUT2D eigenvalue weighted by Crippen LogP contribution is 2.02. The molecule has 0 aliphatic carbocycles. The van der Waals surface area contributed by atoms with Gasteiger partial charge in [0.15, 0.2) is 0 Å². The van der Waals surface area contributed by atoms with Gasteiger partial charge in [-0.05, 0) is 27.2 Å². The molecule has 120 valence electrons. The van der Waals surface area contributed by atoms with E-state index in [2.05, 4.69) is 5.32 Å². The van der Waals surface area contributed by atoms with E-state index in [1.807, 2.05) is 33.0 Å². The van der Waals surface area contributed by atoms with Crippen molar-refractivity contribution in [2.45, 2.75) is 39.7 Å². The molecule has 0 aromatic heterocycles. The number of methoxy groups -OCH3 is 1. The lowest BCUT2D eigenvalue weighted by Crippen LogP contribution is -2.29. The number of carbonyl (C=O) groups is 3. The number of urea groups is 1. The van der Waals surface area contributed by atoms with Crippen LogP contribution in [0.25, 0.3) is 0 Å². The first-order chi connectivity index (χ1) is 9.10. The molecule has 0 unspecified atom stereocenters. The zero-order chi connectivity index (χ0) is 16.6. The average molecular weight is 293 g/mol. The fourth-order valence-electron chi connectivity index (χ4n) is 0.377. The largest absolute Gasteiger partial charge is 0.480 e. The Labute approximate surface area is 120 Å². The number of hydrogen-bond acceptors (Lipinski definition) is 4. The summed E-state index contributed by atoms with van der Waals surface area (Å²) in [6.45, 7) is 8.40. The Hall–Kier alpha value is -1.83. The summed E-state index contributed by atoms with van der Waals surface area (Å²) in [7, 11) is 1.71. The monoisotopic (exact) mass is 293 g/mol. The zero-order valence-corrected chi connectivity index (χ0v) is 12.9. The molecule has 0 heterocycles. The SMILES string of the molecule is CCCNC(N)=O.COC(C)(C)C.O=CNCC(=O)O. The second kappa shape index (κ2) is 15.2. The van der Waals surface area contributed by atoms with Gasteiger partial charge in [-0.15, -0.1) is 0 Å². The van der Waals surface area contributed by atoms with Crippen molar-refractivity contribution in [3.05, 3.63) is 0 Å². The number of hydrogen-bond donors (Lipinski definition) is 4. The first kappa shape index (κ1) is 23.3. The predicted molar refractivity (Wildman–Crippen MR) is 76.3 cm³/mol. The average Bonchev–Trinajstić information content (AvgIpc) is 2.34. The highest BCUT2D eigenvalue weighted by atomic mass is 16.5. The molecule has 0 aliphatic rings. The molecule has 5 N–H and O–H groups in total. The van der Waals surface area contributed by atoms with Crippen LogP contribution in [0.4, 0.5) is 4.79 Å². The van der Waals surface area contributed by atoms with Gasteiger partial charge in [-0.2, -0.15) is 0 Å². The molecule has 20 heavy (non-hydrogen) atoms. The lowest BCUT2D eigenvalue weighted by molar-refractivity contribution is -0.136. The van der Waals surface area contributed by atoms with E-state index in [1.54, 1.807) is 7.11 Å². The zero-order valence-electron chi connectivity index (χ0n) is 12.9. The summed E-state index contributed by atoms with van der Waals surface area (Å²) in [5.41, 5.74) is 4.77. The molecule has 0 aliphatic heterocycles. The summed E-state index contributed by atoms with van der Waals surface area (Å²) in [6.07, 6.45) is 1.27. The molecular formula is C12H27N3O5. The van der Waals surface area contributed by atoms with Gasteiger partial charge in [-0.3, -0.25) is 9.59 Å². The number of nitrogens with one attached hydrogen (secondary N) is 2. The summed E-state index contributed by atoms with van der Waals surface area (Å²) in [5.74, 6) is -1.04. The number of primary amides is 1. The Bertz CT molecular complexity index is 264. The van der Waals surface area contributed by atoms with E-state index in [4.69, 9.17) is 15.6 Å². The van der Waals surface area contributed by atoms with Crippen molar-refractivity contribution in [1.82, 2.24) is 10.6 Å². The number of rotatable bonds is 5. The fraction of sp³-hybridized carbons (Fsp3) is 0.750. The minimum atomic E-state index is -1.04. The topological polar surface area (TPSA) is 131 Å². The van der Waals surface area contributed by atoms with Gasteiger partial charge >= 0.3 is 12.0 Å². The van der Waals surface area contributed by atoms with E-state index < -0.39 is 12.0 Å². The molecule has 3 amide bonds. The third-order valence-electron chi connectivity index (χ3n) is 1.50. The molecule has 8 heteroatoms. The Morgan fingerprint density at radius 3 is 1.90 bits per heavy atom. The van der Waals surface area contributed by atoms with Gasteiger partial charge in [0.25, 0.3) is 0 Å². The minimum absolute atomic E-state index is 0.0417. The third-order valence-corrected chi connectivity index (χ3v) is 1.50. The van der Waals surface area contributed by atoms with Crippen molar-refractivity contribution in [3.63, 3.8) is 0 Å². The van der Waals surface area contributed by atoms with Crippen LogP contribution in [0, 0.1) is 0 Å². The lowest BCUT2D eigenvalue weighted by Gasteiger charge is -2.14. The number of aliphatic carboxylic acids is 1. The summed E-state index contributed by atoms with van der Waals surface area (Å²) >= 11 is 0. The van der Waals surface area contributed by atoms with Gasteiger partial charge in [0.2, 0.25) is 6.41 Å². The summed E-state index contributed by atoms with van der Waals surface area (Å²) in [6, 6.07) is -0.443. The molecule has 0 aromatic carbocycles. The van der Waals surface area contributed by atoms with Crippen molar-refractivity contribution < 1.29 is 24.2 Å². The molecule has 0 radical (unpaired) electrons. The van der Waals surface area contributed by atoms with Crippen molar-refractivity contribution in [3.8, 4) is 0 Å². The van der Waals surface area contributed by atoms with Crippen LogP contribution in [0.5, 0.6) is 0 Å². The number of amides is 3. The Morgan fingerprint density at radius 2 is 1.80 bits per heavy atom. The summed E-state index contributed by atoms with van der Waals surface area (Å²) in [5, 5.41) is 12.2. The van der Waals surface area contributed by atoms with Crippen LogP contribution in [0.3, 0.4) is 0 Å². The molecule has 0 atom stereocenters. The molecule has 0 saturated heterocycles. The quantitative estimate of drug-likeness (QED) is 0.542. The van der Waals surface area contributed by atoms with E-state index in [9.17, 15) is 14.4 Å². The van der Waals surface area contributed by atoms with Crippen LogP contribution in [0.15, 0.2) is 0 Å². The van der Waals surface area contributed by atoms with Gasteiger partial charge in [0, 0.05) is 13.7 Å². The third kappa shape index (κ3) is 44.3. The van der Waals surface area contributed by atoms with Crippen molar-refractivity contribution in [2.24, 2.45) is 5.73 Å². The molecule has 0 bridgehead atoms. The van der Waals surface area contributed by atoms with Crippen molar-refractivity contribution in [2.75, 3.05) is 20.2 Å². The molecule has 8 nitrogen and oxygen atoms in total. The Kier molecular flexibility index (Phi) is 17.7. The normalized spacial score (nSPS) is 9.05. The number of nitrogens with two attached hydrogens (primary N) is 1. The van der Waals surface area contributed by atoms with Gasteiger partial charge in [0.1, 0.15) is 6.54 Å². The van der Waals surface area contributed by atoms with Crippen molar-refractivity contribution >= 4 is 18.4 Å². The van der Waals surface area contributed by atoms with Gasteiger partial charge in [-0.1, -0.05) is 6.92 Å². The maximum absolute atomic E-state index is 9.87. The van der Waals surface area contributed by atoms with Gasteiger partial charge < -0.3 is 26.2 Å². The van der Waals surface area contributed by atoms with Gasteiger partial charge in [-0.25, -0.2) is 4.79 Å². The minimum Gasteiger partial charge on any atom is -0.480 e. The van der Waals surface area contributed by atoms with Crippen molar-refractivity contribution in [1.29, 1.82) is 0 Å². The van der Waals surface area contributed by atoms with E-state index in [0.29, 0.717) is 13.0 Å². The maximum Gasteiger partial charge on any atom is 0.322 e. The smallest absolute Gasteiger partial charge is 0.322 e. The van der Waals surface area contributed by atoms with E-state index in [1.165, 1.54) is 0 Å². The van der Waals surface area contributed by atoms with Crippen LogP contribution in [0.2, 0.25) is 0 Å². The molecule has 0 rings (SSSR count). The van der Waals surface area contributed by atoms with Crippen LogP contribution >= 0.6 is 0 Å². The molecule has 0 fully saturated rings. The summed E-state index contributed by atoms with van der Waals surface area (Å²) in [4.78, 5) is 28.7. The first-order valence-corrected chi connectivity index (χ1v) is 6.08. The molecule has 0 aromatic rings. The Morgan fingerprint density at radius 1 is 1.35 bits per heavy atom. The van der Waals surface area contributed by atoms with Crippen LogP contribution in [0.1, 0.15) is 34.1 Å². The highest BCUT2D eigenvalue weighted by molar-refractivity contribution is 5.71. The number of ether oxygens (including phenoxy) is 1. The van der Waals surface area contributed by atoms with Gasteiger partial charge in [0.05, 0.1) is 5.60 Å². The highest BCUT2D eigenvalue weighted by Gasteiger charge is 2.04. The second-order valence-electron chi connectivity index (χ2n) is 4.50. The Balaban J connectivity index is -0.000000218. The number of carboxylic acid groups (broad SMARTS) is 1. The van der Waals surface area contributed by atoms with E-state index in [-0.39, 0.29) is 12.1 Å². The number of carbonyl (C=O) groups excluding carboxylic acids is 2. The standard InChI is InChI=1S/C5H12O.C4H10N2O.C3H5NO3/c1-5(2,3)6-4;1-2-3-6-4(5)7;5-2-4-1-3(6)7/h1-4H3;2-3H2,1H3,(H3,5,6,7);2H,1H2,(H,4,5)(H,6,7). The second-order valence-corrected chi connectivity index (χ2v) is 4.50. The first-order valence-electron chi connectivity index (χ1n) is 6.08.